The van der Waals surface area contributed by atoms with Crippen LogP contribution >= 0.6 is 0 Å². The molecule has 0 saturated heterocycles. The minimum absolute atomic E-state index is 0.518. The maximum atomic E-state index is 12.8. The van der Waals surface area contributed by atoms with Gasteiger partial charge in [0.1, 0.15) is 5.75 Å². The van der Waals surface area contributed by atoms with Crippen LogP contribution in [0, 0.1) is 13.8 Å². The largest absolute Gasteiger partial charge is 0.322 e. The third-order valence-corrected chi connectivity index (χ3v) is 6.49. The highest BCUT2D eigenvalue weighted by Crippen LogP contribution is 2.35. The lowest BCUT2D eigenvalue weighted by Gasteiger charge is -2.25. The van der Waals surface area contributed by atoms with E-state index in [-0.39, 0.29) is 0 Å². The van der Waals surface area contributed by atoms with Crippen LogP contribution in [0.15, 0.2) is 24.3 Å². The average Bonchev–Trinajstić information content (AvgIpc) is 2.85. The van der Waals surface area contributed by atoms with Gasteiger partial charge in [0.2, 0.25) is 5.91 Å². The Labute approximate surface area is 141 Å². The number of aromatic amines is 1. The summed E-state index contributed by atoms with van der Waals surface area (Å²) in [4.78, 5) is 12.3. The van der Waals surface area contributed by atoms with Gasteiger partial charge in [0.15, 0.2) is 9.84 Å². The van der Waals surface area contributed by atoms with Gasteiger partial charge < -0.3 is 5.32 Å². The molecule has 2 N–H and O–H groups in total. The van der Waals surface area contributed by atoms with Crippen molar-refractivity contribution < 1.29 is 13.2 Å². The molecule has 1 aliphatic carbocycles. The Balaban J connectivity index is 1.79. The molecular weight excluding hydrogens is 326 g/mol. The Hall–Kier alpha value is -2.15. The highest BCUT2D eigenvalue weighted by molar-refractivity contribution is 7.92. The van der Waals surface area contributed by atoms with Gasteiger partial charge in [0.25, 0.3) is 0 Å². The highest BCUT2D eigenvalue weighted by atomic mass is 32.2. The van der Waals surface area contributed by atoms with Gasteiger partial charge in [-0.25, -0.2) is 8.42 Å². The second-order valence-electron chi connectivity index (χ2n) is 6.24. The van der Waals surface area contributed by atoms with Crippen molar-refractivity contribution in [2.24, 2.45) is 0 Å². The molecule has 2 aromatic rings. The summed E-state index contributed by atoms with van der Waals surface area (Å²) in [6, 6.07) is 7.60. The standard InChI is InChI=1S/C17H21N3O3S/c1-11-17(12(2)20-19-11)18-16(21)10-24(22,23)15-9-5-7-13-6-3-4-8-14(13)15/h3-4,6,8,15H,5,7,9-10H2,1-2H3,(H,18,21)(H,19,20). The number of hydrogen-bond acceptors (Lipinski definition) is 4. The summed E-state index contributed by atoms with van der Waals surface area (Å²) >= 11 is 0. The Morgan fingerprint density at radius 1 is 1.33 bits per heavy atom. The Bertz CT molecular complexity index is 851. The molecule has 1 atom stereocenters. The van der Waals surface area contributed by atoms with E-state index in [1.54, 1.807) is 13.8 Å². The first-order valence-electron chi connectivity index (χ1n) is 7.99. The van der Waals surface area contributed by atoms with Gasteiger partial charge in [-0.15, -0.1) is 0 Å². The van der Waals surface area contributed by atoms with Crippen LogP contribution in [0.2, 0.25) is 0 Å². The molecule has 1 aromatic carbocycles. The van der Waals surface area contributed by atoms with Crippen molar-refractivity contribution in [1.29, 1.82) is 0 Å². The summed E-state index contributed by atoms with van der Waals surface area (Å²) in [6.07, 6.45) is 2.28. The van der Waals surface area contributed by atoms with E-state index >= 15 is 0 Å². The van der Waals surface area contributed by atoms with Gasteiger partial charge in [-0.3, -0.25) is 9.89 Å². The quantitative estimate of drug-likeness (QED) is 0.888. The van der Waals surface area contributed by atoms with Gasteiger partial charge in [-0.2, -0.15) is 5.10 Å². The molecule has 0 spiro atoms. The first kappa shape index (κ1) is 16.7. The number of carbonyl (C=O) groups is 1. The Morgan fingerprint density at radius 2 is 2.08 bits per heavy atom. The number of aryl methyl sites for hydroxylation is 3. The summed E-state index contributed by atoms with van der Waals surface area (Å²) in [5.41, 5.74) is 3.81. The predicted octanol–water partition coefficient (Wildman–Crippen LogP) is 2.46. The molecule has 0 bridgehead atoms. The van der Waals surface area contributed by atoms with E-state index in [9.17, 15) is 13.2 Å². The number of fused-ring (bicyclic) bond motifs is 1. The van der Waals surface area contributed by atoms with Crippen LogP contribution in [-0.2, 0) is 21.1 Å². The van der Waals surface area contributed by atoms with Crippen molar-refractivity contribution in [2.75, 3.05) is 11.1 Å². The number of sulfone groups is 1. The number of amides is 1. The fourth-order valence-corrected chi connectivity index (χ4v) is 5.06. The highest BCUT2D eigenvalue weighted by Gasteiger charge is 2.33. The van der Waals surface area contributed by atoms with E-state index in [2.05, 4.69) is 15.5 Å². The second-order valence-corrected chi connectivity index (χ2v) is 8.43. The van der Waals surface area contributed by atoms with Crippen molar-refractivity contribution in [3.8, 4) is 0 Å². The van der Waals surface area contributed by atoms with Crippen LogP contribution in [0.1, 0.15) is 40.6 Å². The fraction of sp³-hybridized carbons (Fsp3) is 0.412. The molecule has 0 fully saturated rings. The fourth-order valence-electron chi connectivity index (χ4n) is 3.28. The van der Waals surface area contributed by atoms with Crippen molar-refractivity contribution in [1.82, 2.24) is 10.2 Å². The number of anilines is 1. The molecule has 3 rings (SSSR count). The zero-order chi connectivity index (χ0) is 17.3. The van der Waals surface area contributed by atoms with Crippen LogP contribution in [0.5, 0.6) is 0 Å². The second kappa shape index (κ2) is 6.39. The summed E-state index contributed by atoms with van der Waals surface area (Å²) in [5.74, 6) is -1.04. The van der Waals surface area contributed by atoms with E-state index < -0.39 is 26.7 Å². The van der Waals surface area contributed by atoms with E-state index in [0.717, 1.165) is 24.0 Å². The lowest BCUT2D eigenvalue weighted by Crippen LogP contribution is -2.29. The van der Waals surface area contributed by atoms with Gasteiger partial charge in [-0.05, 0) is 44.2 Å². The maximum absolute atomic E-state index is 12.8. The average molecular weight is 347 g/mol. The minimum Gasteiger partial charge on any atom is -0.322 e. The summed E-state index contributed by atoms with van der Waals surface area (Å²) in [5, 5.41) is 8.83. The SMILES string of the molecule is Cc1n[nH]c(C)c1NC(=O)CS(=O)(=O)C1CCCc2ccccc21. The normalized spacial score (nSPS) is 17.3. The lowest BCUT2D eigenvalue weighted by atomic mass is 9.91. The van der Waals surface area contributed by atoms with E-state index in [1.165, 1.54) is 0 Å². The van der Waals surface area contributed by atoms with Gasteiger partial charge in [0.05, 0.1) is 22.3 Å². The molecular formula is C17H21N3O3S. The number of hydrogen-bond donors (Lipinski definition) is 2. The molecule has 0 aliphatic heterocycles. The number of benzene rings is 1. The lowest BCUT2D eigenvalue weighted by molar-refractivity contribution is -0.113. The van der Waals surface area contributed by atoms with E-state index in [4.69, 9.17) is 0 Å². The molecule has 24 heavy (non-hydrogen) atoms. The Kier molecular flexibility index (Phi) is 4.45. The molecule has 1 unspecified atom stereocenters. The molecule has 0 radical (unpaired) electrons. The number of H-pyrrole nitrogens is 1. The summed E-state index contributed by atoms with van der Waals surface area (Å²) in [6.45, 7) is 3.53. The smallest absolute Gasteiger partial charge is 0.239 e. The predicted molar refractivity (Wildman–Crippen MR) is 92.6 cm³/mol. The molecule has 1 aromatic heterocycles. The molecule has 128 valence electrons. The van der Waals surface area contributed by atoms with Crippen molar-refractivity contribution >= 4 is 21.4 Å². The number of nitrogens with one attached hydrogen (secondary N) is 2. The molecule has 1 heterocycles. The van der Waals surface area contributed by atoms with Crippen LogP contribution in [0.25, 0.3) is 0 Å². The topological polar surface area (TPSA) is 91.9 Å². The van der Waals surface area contributed by atoms with Crippen molar-refractivity contribution in [3.05, 3.63) is 46.8 Å². The first-order valence-corrected chi connectivity index (χ1v) is 9.71. The number of carbonyl (C=O) groups excluding carboxylic acids is 1. The van der Waals surface area contributed by atoms with Gasteiger partial charge in [-0.1, -0.05) is 24.3 Å². The number of aromatic nitrogens is 2. The Morgan fingerprint density at radius 3 is 2.79 bits per heavy atom. The van der Waals surface area contributed by atoms with Gasteiger partial charge in [0, 0.05) is 0 Å². The molecule has 1 amide bonds. The zero-order valence-corrected chi connectivity index (χ0v) is 14.6. The first-order chi connectivity index (χ1) is 11.4. The van der Waals surface area contributed by atoms with Crippen molar-refractivity contribution in [2.45, 2.75) is 38.4 Å². The monoisotopic (exact) mass is 347 g/mol. The molecule has 6 nitrogen and oxygen atoms in total. The number of rotatable bonds is 4. The summed E-state index contributed by atoms with van der Waals surface area (Å²) < 4.78 is 25.5. The van der Waals surface area contributed by atoms with Crippen molar-refractivity contribution in [3.63, 3.8) is 0 Å². The van der Waals surface area contributed by atoms with Crippen LogP contribution in [0.3, 0.4) is 0 Å². The third-order valence-electron chi connectivity index (χ3n) is 4.47. The van der Waals surface area contributed by atoms with Gasteiger partial charge >= 0.3 is 0 Å². The third kappa shape index (κ3) is 3.21. The molecule has 1 aliphatic rings. The van der Waals surface area contributed by atoms with Crippen LogP contribution < -0.4 is 5.32 Å². The maximum Gasteiger partial charge on any atom is 0.239 e. The summed E-state index contributed by atoms with van der Waals surface area (Å²) in [7, 11) is -3.57. The number of nitrogens with zero attached hydrogens (tertiary/aromatic N) is 1. The van der Waals surface area contributed by atoms with E-state index in [1.807, 2.05) is 24.3 Å². The van der Waals surface area contributed by atoms with E-state index in [0.29, 0.717) is 23.5 Å². The molecule has 7 heteroatoms. The molecule has 0 saturated carbocycles. The minimum atomic E-state index is -3.57. The zero-order valence-electron chi connectivity index (χ0n) is 13.8. The van der Waals surface area contributed by atoms with Crippen LogP contribution in [0.4, 0.5) is 5.69 Å². The van der Waals surface area contributed by atoms with Crippen LogP contribution in [-0.4, -0.2) is 30.3 Å².